The summed E-state index contributed by atoms with van der Waals surface area (Å²) in [5.41, 5.74) is 3.00. The zero-order valence-corrected chi connectivity index (χ0v) is 9.99. The monoisotopic (exact) mass is 243 g/mol. The van der Waals surface area contributed by atoms with Crippen LogP contribution < -0.4 is 0 Å². The van der Waals surface area contributed by atoms with E-state index in [9.17, 15) is 9.90 Å². The van der Waals surface area contributed by atoms with Crippen molar-refractivity contribution < 1.29 is 14.6 Å². The molecule has 0 fully saturated rings. The Hall–Kier alpha value is -2.23. The Morgan fingerprint density at radius 2 is 2.33 bits per heavy atom. The van der Waals surface area contributed by atoms with E-state index in [1.165, 1.54) is 0 Å². The average molecular weight is 243 g/mol. The predicted octanol–water partition coefficient (Wildman–Crippen LogP) is 2.56. The van der Waals surface area contributed by atoms with Crippen LogP contribution in [0.3, 0.4) is 0 Å². The average Bonchev–Trinajstić information content (AvgIpc) is 2.75. The molecule has 0 unspecified atom stereocenters. The number of hydrogen-bond donors (Lipinski definition) is 2. The minimum Gasteiger partial charge on any atom is -0.511 e. The molecule has 1 aromatic heterocycles. The molecule has 0 radical (unpaired) electrons. The number of aromatic amines is 1. The number of H-pyrrole nitrogens is 1. The second kappa shape index (κ2) is 3.91. The molecule has 0 aliphatic heterocycles. The van der Waals surface area contributed by atoms with Gasteiger partial charge >= 0.3 is 5.97 Å². The van der Waals surface area contributed by atoms with Crippen molar-refractivity contribution in [1.82, 2.24) is 4.98 Å². The number of carbonyl (C=O) groups excluding carboxylic acids is 1. The maximum atomic E-state index is 11.9. The van der Waals surface area contributed by atoms with Gasteiger partial charge in [-0.3, -0.25) is 0 Å². The van der Waals surface area contributed by atoms with Crippen LogP contribution in [0.5, 0.6) is 0 Å². The lowest BCUT2D eigenvalue weighted by molar-refractivity contribution is -0.136. The topological polar surface area (TPSA) is 62.3 Å². The molecule has 4 nitrogen and oxygen atoms in total. The Morgan fingerprint density at radius 3 is 3.11 bits per heavy atom. The van der Waals surface area contributed by atoms with Gasteiger partial charge in [-0.25, -0.2) is 4.79 Å². The Balaban J connectivity index is 2.22. The van der Waals surface area contributed by atoms with E-state index in [1.54, 1.807) is 13.1 Å². The third kappa shape index (κ3) is 1.42. The summed E-state index contributed by atoms with van der Waals surface area (Å²) in [4.78, 5) is 15.0. The van der Waals surface area contributed by atoms with Gasteiger partial charge in [-0.05, 0) is 18.6 Å². The number of benzene rings is 1. The Morgan fingerprint density at radius 1 is 1.50 bits per heavy atom. The molecule has 2 N–H and O–H groups in total. The SMILES string of the molecule is CCOC(=O)C1=C(O)Cc2cccc3[nH]cc1c23. The van der Waals surface area contributed by atoms with Crippen LogP contribution >= 0.6 is 0 Å². The summed E-state index contributed by atoms with van der Waals surface area (Å²) in [6, 6.07) is 5.84. The largest absolute Gasteiger partial charge is 0.511 e. The van der Waals surface area contributed by atoms with Gasteiger partial charge in [-0.1, -0.05) is 12.1 Å². The van der Waals surface area contributed by atoms with Crippen molar-refractivity contribution in [1.29, 1.82) is 0 Å². The second-order valence-corrected chi connectivity index (χ2v) is 4.26. The number of esters is 1. The number of aromatic nitrogens is 1. The molecular weight excluding hydrogens is 230 g/mol. The summed E-state index contributed by atoms with van der Waals surface area (Å²) in [5.74, 6) is -0.390. The minimum absolute atomic E-state index is 0.0769. The standard InChI is InChI=1S/C14H13NO3/c1-2-18-14(17)13-9-7-15-10-5-3-4-8(12(9)10)6-11(13)16/h3-5,7,15-16H,2,6H2,1H3. The lowest BCUT2D eigenvalue weighted by atomic mass is 9.91. The van der Waals surface area contributed by atoms with Crippen molar-refractivity contribution in [3.63, 3.8) is 0 Å². The first-order valence-corrected chi connectivity index (χ1v) is 5.91. The molecule has 92 valence electrons. The Bertz CT molecular complexity index is 667. The van der Waals surface area contributed by atoms with Crippen molar-refractivity contribution in [2.24, 2.45) is 0 Å². The van der Waals surface area contributed by atoms with Crippen LogP contribution in [0.15, 0.2) is 30.2 Å². The number of aliphatic hydroxyl groups excluding tert-OH is 1. The van der Waals surface area contributed by atoms with Crippen LogP contribution in [0.1, 0.15) is 18.1 Å². The fraction of sp³-hybridized carbons (Fsp3) is 0.214. The smallest absolute Gasteiger partial charge is 0.342 e. The van der Waals surface area contributed by atoms with Gasteiger partial charge in [0.1, 0.15) is 11.3 Å². The Labute approximate surface area is 104 Å². The zero-order valence-electron chi connectivity index (χ0n) is 9.99. The van der Waals surface area contributed by atoms with E-state index in [4.69, 9.17) is 4.74 Å². The molecule has 0 atom stereocenters. The summed E-state index contributed by atoms with van der Waals surface area (Å²) in [6.45, 7) is 2.05. The van der Waals surface area contributed by atoms with Crippen LogP contribution in [0, 0.1) is 0 Å². The molecule has 18 heavy (non-hydrogen) atoms. The van der Waals surface area contributed by atoms with Gasteiger partial charge in [0.05, 0.1) is 6.61 Å². The van der Waals surface area contributed by atoms with Gasteiger partial charge in [0.15, 0.2) is 0 Å². The van der Waals surface area contributed by atoms with Crippen LogP contribution in [0.2, 0.25) is 0 Å². The van der Waals surface area contributed by atoms with Gasteiger partial charge in [0.2, 0.25) is 0 Å². The van der Waals surface area contributed by atoms with E-state index in [1.807, 2.05) is 18.2 Å². The van der Waals surface area contributed by atoms with E-state index >= 15 is 0 Å². The molecule has 1 heterocycles. The third-order valence-electron chi connectivity index (χ3n) is 3.19. The van der Waals surface area contributed by atoms with Crippen LogP contribution in [-0.4, -0.2) is 22.7 Å². The lowest BCUT2D eigenvalue weighted by Gasteiger charge is -2.16. The molecular formula is C14H13NO3. The summed E-state index contributed by atoms with van der Waals surface area (Å²) in [5, 5.41) is 11.0. The summed E-state index contributed by atoms with van der Waals surface area (Å²) in [6.07, 6.45) is 2.12. The molecule has 2 aromatic rings. The van der Waals surface area contributed by atoms with E-state index < -0.39 is 5.97 Å². The second-order valence-electron chi connectivity index (χ2n) is 4.26. The molecule has 0 bridgehead atoms. The normalized spacial score (nSPS) is 14.1. The first kappa shape index (κ1) is 10.9. The number of ether oxygens (including phenoxy) is 1. The van der Waals surface area contributed by atoms with E-state index in [2.05, 4.69) is 4.98 Å². The van der Waals surface area contributed by atoms with Gasteiger partial charge in [-0.15, -0.1) is 0 Å². The van der Waals surface area contributed by atoms with E-state index in [0.717, 1.165) is 22.0 Å². The molecule has 3 rings (SSSR count). The molecule has 0 saturated carbocycles. The van der Waals surface area contributed by atoms with Gasteiger partial charge < -0.3 is 14.8 Å². The fourth-order valence-electron chi connectivity index (χ4n) is 2.46. The van der Waals surface area contributed by atoms with Crippen LogP contribution in [-0.2, 0) is 16.0 Å². The highest BCUT2D eigenvalue weighted by Gasteiger charge is 2.27. The van der Waals surface area contributed by atoms with Gasteiger partial charge in [0, 0.05) is 29.1 Å². The molecule has 1 aliphatic rings. The zero-order chi connectivity index (χ0) is 12.7. The first-order valence-electron chi connectivity index (χ1n) is 5.91. The van der Waals surface area contributed by atoms with Crippen molar-refractivity contribution in [3.8, 4) is 0 Å². The molecule has 0 spiro atoms. The predicted molar refractivity (Wildman–Crippen MR) is 68.2 cm³/mol. The Kier molecular flexibility index (Phi) is 2.37. The van der Waals surface area contributed by atoms with Gasteiger partial charge in [0.25, 0.3) is 0 Å². The van der Waals surface area contributed by atoms with Crippen molar-refractivity contribution in [3.05, 3.63) is 41.3 Å². The van der Waals surface area contributed by atoms with Gasteiger partial charge in [-0.2, -0.15) is 0 Å². The van der Waals surface area contributed by atoms with Crippen molar-refractivity contribution in [2.75, 3.05) is 6.61 Å². The lowest BCUT2D eigenvalue weighted by Crippen LogP contribution is -2.13. The van der Waals surface area contributed by atoms with E-state index in [-0.39, 0.29) is 11.3 Å². The minimum atomic E-state index is -0.467. The molecule has 1 aliphatic carbocycles. The quantitative estimate of drug-likeness (QED) is 0.797. The van der Waals surface area contributed by atoms with Crippen molar-refractivity contribution in [2.45, 2.75) is 13.3 Å². The maximum Gasteiger partial charge on any atom is 0.342 e. The number of allylic oxidation sites excluding steroid dienone is 1. The maximum absolute atomic E-state index is 11.9. The number of aliphatic hydroxyl groups is 1. The number of carbonyl (C=O) groups is 1. The summed E-state index contributed by atoms with van der Waals surface area (Å²) >= 11 is 0. The molecule has 0 amide bonds. The molecule has 4 heteroatoms. The fourth-order valence-corrected chi connectivity index (χ4v) is 2.46. The van der Waals surface area contributed by atoms with E-state index in [0.29, 0.717) is 13.0 Å². The molecule has 1 aromatic carbocycles. The summed E-state index contributed by atoms with van der Waals surface area (Å²) in [7, 11) is 0. The number of rotatable bonds is 2. The first-order chi connectivity index (χ1) is 8.72. The third-order valence-corrected chi connectivity index (χ3v) is 3.19. The number of nitrogens with one attached hydrogen (secondary N) is 1. The number of hydrogen-bond acceptors (Lipinski definition) is 3. The highest BCUT2D eigenvalue weighted by Crippen LogP contribution is 2.36. The summed E-state index contributed by atoms with van der Waals surface area (Å²) < 4.78 is 5.00. The molecule has 0 saturated heterocycles. The van der Waals surface area contributed by atoms with Crippen LogP contribution in [0.25, 0.3) is 16.5 Å². The van der Waals surface area contributed by atoms with Crippen molar-refractivity contribution >= 4 is 22.4 Å². The highest BCUT2D eigenvalue weighted by atomic mass is 16.5. The van der Waals surface area contributed by atoms with Crippen LogP contribution in [0.4, 0.5) is 0 Å². The highest BCUT2D eigenvalue weighted by molar-refractivity contribution is 6.22.